The molecule has 138 valence electrons. The van der Waals surface area contributed by atoms with Gasteiger partial charge in [-0.05, 0) is 74.1 Å². The van der Waals surface area contributed by atoms with Gasteiger partial charge in [0.25, 0.3) is 0 Å². The van der Waals surface area contributed by atoms with E-state index in [1.54, 1.807) is 0 Å². The Balaban J connectivity index is 1.56. The molecule has 0 amide bonds. The molecule has 1 saturated heterocycles. The quantitative estimate of drug-likeness (QED) is 0.634. The molecule has 1 atom stereocenters. The summed E-state index contributed by atoms with van der Waals surface area (Å²) in [6, 6.07) is 6.51. The van der Waals surface area contributed by atoms with Crippen molar-refractivity contribution in [3.05, 3.63) is 29.3 Å². The first-order valence-corrected chi connectivity index (χ1v) is 10.0. The molecule has 3 rings (SSSR count). The van der Waals surface area contributed by atoms with Crippen molar-refractivity contribution in [3.8, 4) is 0 Å². The van der Waals surface area contributed by atoms with E-state index in [9.17, 15) is 0 Å². The van der Waals surface area contributed by atoms with Crippen molar-refractivity contribution in [1.29, 1.82) is 0 Å². The number of aryl methyl sites for hydroxylation is 1. The second-order valence-electron chi connectivity index (χ2n) is 8.16. The molecule has 1 unspecified atom stereocenters. The maximum atomic E-state index is 6.20. The maximum absolute atomic E-state index is 6.20. The molecule has 0 spiro atoms. The van der Waals surface area contributed by atoms with Gasteiger partial charge >= 0.3 is 0 Å². The molecule has 2 aliphatic rings. The molecule has 0 aromatic heterocycles. The fourth-order valence-corrected chi connectivity index (χ4v) is 4.29. The summed E-state index contributed by atoms with van der Waals surface area (Å²) in [5, 5.41) is 3.37. The van der Waals surface area contributed by atoms with Crippen LogP contribution in [0.2, 0.25) is 0 Å². The number of nitrogens with two attached hydrogens (primary N) is 1. The lowest BCUT2D eigenvalue weighted by molar-refractivity contribution is 0.162. The van der Waals surface area contributed by atoms with E-state index in [0.717, 1.165) is 31.1 Å². The Kier molecular flexibility index (Phi) is 6.35. The number of anilines is 1. The zero-order valence-electron chi connectivity index (χ0n) is 15.9. The van der Waals surface area contributed by atoms with Gasteiger partial charge in [-0.1, -0.05) is 26.0 Å². The zero-order valence-corrected chi connectivity index (χ0v) is 15.9. The smallest absolute Gasteiger partial charge is 0.193 e. The molecule has 1 fully saturated rings. The van der Waals surface area contributed by atoms with Crippen molar-refractivity contribution in [2.24, 2.45) is 22.6 Å². The van der Waals surface area contributed by atoms with Crippen molar-refractivity contribution in [3.63, 3.8) is 0 Å². The van der Waals surface area contributed by atoms with Crippen LogP contribution in [0.25, 0.3) is 0 Å². The topological polar surface area (TPSA) is 53.6 Å². The van der Waals surface area contributed by atoms with E-state index in [2.05, 4.69) is 47.3 Å². The normalized spacial score (nSPS) is 22.0. The number of nitrogens with zero attached hydrogens (tertiary/aromatic N) is 2. The summed E-state index contributed by atoms with van der Waals surface area (Å²) in [5.41, 5.74) is 10.3. The van der Waals surface area contributed by atoms with Crippen LogP contribution in [0.3, 0.4) is 0 Å². The largest absolute Gasteiger partial charge is 0.370 e. The van der Waals surface area contributed by atoms with E-state index in [4.69, 9.17) is 5.73 Å². The van der Waals surface area contributed by atoms with Crippen molar-refractivity contribution in [2.75, 3.05) is 31.5 Å². The Morgan fingerprint density at radius 1 is 1.28 bits per heavy atom. The van der Waals surface area contributed by atoms with Gasteiger partial charge in [0.05, 0.1) is 0 Å². The summed E-state index contributed by atoms with van der Waals surface area (Å²) in [5.74, 6) is 1.94. The fourth-order valence-electron chi connectivity index (χ4n) is 4.29. The van der Waals surface area contributed by atoms with Crippen LogP contribution in [-0.2, 0) is 12.8 Å². The number of benzene rings is 1. The number of hydrogen-bond acceptors (Lipinski definition) is 2. The van der Waals surface area contributed by atoms with Crippen LogP contribution in [0.15, 0.2) is 23.2 Å². The van der Waals surface area contributed by atoms with Crippen molar-refractivity contribution >= 4 is 11.6 Å². The third-order valence-corrected chi connectivity index (χ3v) is 5.40. The van der Waals surface area contributed by atoms with E-state index in [1.165, 1.54) is 56.3 Å². The Bertz CT molecular complexity index is 594. The van der Waals surface area contributed by atoms with Gasteiger partial charge in [-0.25, -0.2) is 0 Å². The Hall–Kier alpha value is -1.55. The molecule has 0 bridgehead atoms. The molecule has 1 aliphatic carbocycles. The summed E-state index contributed by atoms with van der Waals surface area (Å²) >= 11 is 0. The highest BCUT2D eigenvalue weighted by Gasteiger charge is 2.20. The van der Waals surface area contributed by atoms with Crippen LogP contribution in [0.5, 0.6) is 0 Å². The third-order valence-electron chi connectivity index (χ3n) is 5.40. The number of nitrogens with one attached hydrogen (secondary N) is 1. The number of likely N-dealkylation sites (tertiary alicyclic amines) is 1. The molecular weight excluding hydrogens is 308 g/mol. The minimum absolute atomic E-state index is 0.569. The average Bonchev–Trinajstić information content (AvgIpc) is 2.60. The van der Waals surface area contributed by atoms with E-state index >= 15 is 0 Å². The van der Waals surface area contributed by atoms with Crippen LogP contribution in [0, 0.1) is 11.8 Å². The number of guanidine groups is 1. The van der Waals surface area contributed by atoms with Crippen LogP contribution in [0.1, 0.15) is 50.7 Å². The molecular formula is C21H34N4. The van der Waals surface area contributed by atoms with E-state index < -0.39 is 0 Å². The molecule has 1 aliphatic heterocycles. The molecule has 0 saturated carbocycles. The van der Waals surface area contributed by atoms with Crippen LogP contribution in [-0.4, -0.2) is 37.0 Å². The summed E-state index contributed by atoms with van der Waals surface area (Å²) in [6.07, 6.45) is 7.47. The fraction of sp³-hybridized carbons (Fsp3) is 0.667. The van der Waals surface area contributed by atoms with Gasteiger partial charge < -0.3 is 16.0 Å². The Labute approximate surface area is 152 Å². The Morgan fingerprint density at radius 2 is 2.12 bits per heavy atom. The zero-order chi connectivity index (χ0) is 17.6. The molecule has 3 N–H and O–H groups in total. The van der Waals surface area contributed by atoms with E-state index in [0.29, 0.717) is 11.9 Å². The van der Waals surface area contributed by atoms with Gasteiger partial charge in [0, 0.05) is 25.3 Å². The van der Waals surface area contributed by atoms with Gasteiger partial charge in [0.1, 0.15) is 0 Å². The first-order valence-electron chi connectivity index (χ1n) is 10.0. The molecule has 1 aromatic rings. The lowest BCUT2D eigenvalue weighted by atomic mass is 9.90. The highest BCUT2D eigenvalue weighted by molar-refractivity contribution is 5.93. The van der Waals surface area contributed by atoms with E-state index in [-0.39, 0.29) is 0 Å². The standard InChI is InChI=1S/C21H34N4/c1-16(2)14-25-12-6-7-17(15-25)13-23-21(22)24-20-11-5-9-18-8-3-4-10-19(18)20/h5,9,11,16-17H,3-4,6-8,10,12-15H2,1-2H3,(H3,22,23,24). The molecule has 1 aromatic carbocycles. The predicted molar refractivity (Wildman–Crippen MR) is 107 cm³/mol. The molecule has 25 heavy (non-hydrogen) atoms. The first kappa shape index (κ1) is 18.2. The average molecular weight is 343 g/mol. The summed E-state index contributed by atoms with van der Waals surface area (Å²) < 4.78 is 0. The highest BCUT2D eigenvalue weighted by Crippen LogP contribution is 2.27. The van der Waals surface area contributed by atoms with Crippen molar-refractivity contribution < 1.29 is 0 Å². The van der Waals surface area contributed by atoms with Crippen molar-refractivity contribution in [1.82, 2.24) is 4.90 Å². The van der Waals surface area contributed by atoms with Crippen LogP contribution >= 0.6 is 0 Å². The number of rotatable bonds is 5. The van der Waals surface area contributed by atoms with Gasteiger partial charge in [0.15, 0.2) is 5.96 Å². The second kappa shape index (κ2) is 8.70. The minimum atomic E-state index is 0.569. The SMILES string of the molecule is CC(C)CN1CCCC(CN=C(N)Nc2cccc3c2CCCC3)C1. The molecule has 1 heterocycles. The number of aliphatic imine (C=N–C) groups is 1. The lowest BCUT2D eigenvalue weighted by Crippen LogP contribution is -2.39. The van der Waals surface area contributed by atoms with Gasteiger partial charge in [-0.2, -0.15) is 0 Å². The van der Waals surface area contributed by atoms with Gasteiger partial charge in [0.2, 0.25) is 0 Å². The summed E-state index contributed by atoms with van der Waals surface area (Å²) in [6.45, 7) is 9.03. The number of hydrogen-bond donors (Lipinski definition) is 2. The molecule has 0 radical (unpaired) electrons. The van der Waals surface area contributed by atoms with Crippen LogP contribution in [0.4, 0.5) is 5.69 Å². The number of fused-ring (bicyclic) bond motifs is 1. The predicted octanol–water partition coefficient (Wildman–Crippen LogP) is 3.66. The second-order valence-corrected chi connectivity index (χ2v) is 8.16. The first-order chi connectivity index (χ1) is 12.1. The monoisotopic (exact) mass is 342 g/mol. The third kappa shape index (κ3) is 5.21. The maximum Gasteiger partial charge on any atom is 0.193 e. The van der Waals surface area contributed by atoms with Gasteiger partial charge in [-0.15, -0.1) is 0 Å². The highest BCUT2D eigenvalue weighted by atomic mass is 15.1. The van der Waals surface area contributed by atoms with Crippen LogP contribution < -0.4 is 11.1 Å². The van der Waals surface area contributed by atoms with Crippen molar-refractivity contribution in [2.45, 2.75) is 52.4 Å². The Morgan fingerprint density at radius 3 is 2.96 bits per heavy atom. The minimum Gasteiger partial charge on any atom is -0.370 e. The molecule has 4 nitrogen and oxygen atoms in total. The molecule has 4 heteroatoms. The van der Waals surface area contributed by atoms with Gasteiger partial charge in [-0.3, -0.25) is 4.99 Å². The van der Waals surface area contributed by atoms with E-state index in [1.807, 2.05) is 0 Å². The summed E-state index contributed by atoms with van der Waals surface area (Å²) in [4.78, 5) is 7.25. The summed E-state index contributed by atoms with van der Waals surface area (Å²) in [7, 11) is 0. The number of piperidine rings is 1. The lowest BCUT2D eigenvalue weighted by Gasteiger charge is -2.33.